The number of halogens is 1. The summed E-state index contributed by atoms with van der Waals surface area (Å²) in [4.78, 5) is 2.20. The number of aryl methyl sites for hydroxylation is 1. The molecule has 0 bridgehead atoms. The summed E-state index contributed by atoms with van der Waals surface area (Å²) in [5, 5.41) is 0. The normalized spacial score (nSPS) is 10.3. The van der Waals surface area contributed by atoms with Gasteiger partial charge in [0, 0.05) is 17.2 Å². The van der Waals surface area contributed by atoms with Gasteiger partial charge in [-0.3, -0.25) is 0 Å². The van der Waals surface area contributed by atoms with E-state index >= 15 is 0 Å². The highest BCUT2D eigenvalue weighted by Gasteiger charge is 2.01. The molecule has 0 atom stereocenters. The first kappa shape index (κ1) is 13.9. The Morgan fingerprint density at radius 3 is 2.63 bits per heavy atom. The molecule has 0 heterocycles. The van der Waals surface area contributed by atoms with Gasteiger partial charge in [0.25, 0.3) is 0 Å². The van der Waals surface area contributed by atoms with Crippen molar-refractivity contribution in [3.63, 3.8) is 0 Å². The van der Waals surface area contributed by atoms with Crippen molar-refractivity contribution in [1.82, 2.24) is 0 Å². The van der Waals surface area contributed by atoms with Gasteiger partial charge in [0.1, 0.15) is 12.4 Å². The van der Waals surface area contributed by atoms with Crippen LogP contribution in [0.15, 0.2) is 53.0 Å². The number of likely N-dealkylation sites (N-methyl/N-ethyl adjacent to an activating group) is 1. The standard InChI is InChI=1S/C16H18BrNO/c1-13-5-3-7-15(11-13)18(2)9-10-19-16-8-4-6-14(17)12-16/h3-8,11-12H,9-10H2,1-2H3. The van der Waals surface area contributed by atoms with Crippen molar-refractivity contribution in [2.45, 2.75) is 6.92 Å². The van der Waals surface area contributed by atoms with E-state index in [2.05, 4.69) is 59.1 Å². The fraction of sp³-hybridized carbons (Fsp3) is 0.250. The third kappa shape index (κ3) is 4.28. The minimum Gasteiger partial charge on any atom is -0.492 e. The zero-order valence-electron chi connectivity index (χ0n) is 11.3. The molecular weight excluding hydrogens is 302 g/mol. The smallest absolute Gasteiger partial charge is 0.120 e. The average molecular weight is 320 g/mol. The Balaban J connectivity index is 1.85. The topological polar surface area (TPSA) is 12.5 Å². The molecule has 0 saturated carbocycles. The van der Waals surface area contributed by atoms with Crippen LogP contribution in [0.25, 0.3) is 0 Å². The third-order valence-electron chi connectivity index (χ3n) is 2.93. The van der Waals surface area contributed by atoms with E-state index in [1.807, 2.05) is 24.3 Å². The molecule has 0 spiro atoms. The number of rotatable bonds is 5. The Bertz CT molecular complexity index is 542. The van der Waals surface area contributed by atoms with Gasteiger partial charge in [-0.25, -0.2) is 0 Å². The highest BCUT2D eigenvalue weighted by molar-refractivity contribution is 9.10. The van der Waals surface area contributed by atoms with Crippen LogP contribution in [0.5, 0.6) is 5.75 Å². The fourth-order valence-electron chi connectivity index (χ4n) is 1.85. The molecule has 0 amide bonds. The summed E-state index contributed by atoms with van der Waals surface area (Å²) in [6, 6.07) is 16.4. The molecule has 0 radical (unpaired) electrons. The molecule has 19 heavy (non-hydrogen) atoms. The van der Waals surface area contributed by atoms with Crippen LogP contribution in [0.1, 0.15) is 5.56 Å². The summed E-state index contributed by atoms with van der Waals surface area (Å²) in [7, 11) is 2.08. The Kier molecular flexibility index (Phi) is 4.86. The quantitative estimate of drug-likeness (QED) is 0.816. The second kappa shape index (κ2) is 6.62. The summed E-state index contributed by atoms with van der Waals surface area (Å²) >= 11 is 3.44. The molecule has 0 saturated heterocycles. The van der Waals surface area contributed by atoms with Gasteiger partial charge < -0.3 is 9.64 Å². The highest BCUT2D eigenvalue weighted by atomic mass is 79.9. The van der Waals surface area contributed by atoms with Gasteiger partial charge in [-0.05, 0) is 42.8 Å². The van der Waals surface area contributed by atoms with Gasteiger partial charge in [0.2, 0.25) is 0 Å². The molecule has 0 N–H and O–H groups in total. The summed E-state index contributed by atoms with van der Waals surface area (Å²) < 4.78 is 6.78. The lowest BCUT2D eigenvalue weighted by Gasteiger charge is -2.20. The number of ether oxygens (including phenoxy) is 1. The van der Waals surface area contributed by atoms with Crippen LogP contribution < -0.4 is 9.64 Å². The van der Waals surface area contributed by atoms with Gasteiger partial charge in [-0.2, -0.15) is 0 Å². The van der Waals surface area contributed by atoms with Crippen molar-refractivity contribution < 1.29 is 4.74 Å². The van der Waals surface area contributed by atoms with Gasteiger partial charge in [0.05, 0.1) is 6.54 Å². The van der Waals surface area contributed by atoms with Gasteiger partial charge in [-0.1, -0.05) is 34.1 Å². The zero-order valence-corrected chi connectivity index (χ0v) is 12.9. The second-order valence-corrected chi connectivity index (χ2v) is 5.48. The minimum atomic E-state index is 0.668. The molecular formula is C16H18BrNO. The predicted octanol–water partition coefficient (Wildman–Crippen LogP) is 4.27. The first-order valence-electron chi connectivity index (χ1n) is 6.31. The summed E-state index contributed by atoms with van der Waals surface area (Å²) in [6.45, 7) is 3.63. The predicted molar refractivity (Wildman–Crippen MR) is 84.1 cm³/mol. The molecule has 100 valence electrons. The molecule has 2 nitrogen and oxygen atoms in total. The number of hydrogen-bond donors (Lipinski definition) is 0. The highest BCUT2D eigenvalue weighted by Crippen LogP contribution is 2.18. The molecule has 2 aromatic rings. The fourth-order valence-corrected chi connectivity index (χ4v) is 2.23. The van der Waals surface area contributed by atoms with Crippen LogP contribution in [0.4, 0.5) is 5.69 Å². The molecule has 2 aromatic carbocycles. The average Bonchev–Trinajstić information content (AvgIpc) is 2.38. The molecule has 2 rings (SSSR count). The van der Waals surface area contributed by atoms with Crippen LogP contribution in [-0.2, 0) is 0 Å². The SMILES string of the molecule is Cc1cccc(N(C)CCOc2cccc(Br)c2)c1. The first-order valence-corrected chi connectivity index (χ1v) is 7.10. The van der Waals surface area contributed by atoms with Crippen molar-refractivity contribution in [2.24, 2.45) is 0 Å². The Morgan fingerprint density at radius 2 is 1.89 bits per heavy atom. The Labute approximate surface area is 123 Å². The van der Waals surface area contributed by atoms with E-state index in [4.69, 9.17) is 4.74 Å². The van der Waals surface area contributed by atoms with E-state index in [0.717, 1.165) is 16.8 Å². The lowest BCUT2D eigenvalue weighted by Crippen LogP contribution is -2.23. The zero-order chi connectivity index (χ0) is 13.7. The van der Waals surface area contributed by atoms with Crippen LogP contribution in [0.2, 0.25) is 0 Å². The van der Waals surface area contributed by atoms with E-state index in [1.54, 1.807) is 0 Å². The minimum absolute atomic E-state index is 0.668. The Hall–Kier alpha value is -1.48. The van der Waals surface area contributed by atoms with E-state index in [0.29, 0.717) is 6.61 Å². The van der Waals surface area contributed by atoms with E-state index < -0.39 is 0 Å². The maximum absolute atomic E-state index is 5.74. The summed E-state index contributed by atoms with van der Waals surface area (Å²) in [5.41, 5.74) is 2.50. The van der Waals surface area contributed by atoms with Crippen molar-refractivity contribution in [3.8, 4) is 5.75 Å². The number of nitrogens with zero attached hydrogens (tertiary/aromatic N) is 1. The molecule has 0 aliphatic carbocycles. The molecule has 3 heteroatoms. The molecule has 0 fully saturated rings. The summed E-state index contributed by atoms with van der Waals surface area (Å²) in [5.74, 6) is 0.895. The molecule has 0 unspecified atom stereocenters. The maximum Gasteiger partial charge on any atom is 0.120 e. The number of anilines is 1. The van der Waals surface area contributed by atoms with Crippen molar-refractivity contribution in [2.75, 3.05) is 25.1 Å². The molecule has 0 aromatic heterocycles. The van der Waals surface area contributed by atoms with E-state index in [9.17, 15) is 0 Å². The van der Waals surface area contributed by atoms with Crippen molar-refractivity contribution in [1.29, 1.82) is 0 Å². The third-order valence-corrected chi connectivity index (χ3v) is 3.43. The molecule has 0 aliphatic heterocycles. The monoisotopic (exact) mass is 319 g/mol. The molecule has 0 aliphatic rings. The second-order valence-electron chi connectivity index (χ2n) is 4.57. The largest absolute Gasteiger partial charge is 0.492 e. The van der Waals surface area contributed by atoms with Crippen LogP contribution >= 0.6 is 15.9 Å². The van der Waals surface area contributed by atoms with Gasteiger partial charge >= 0.3 is 0 Å². The lowest BCUT2D eigenvalue weighted by molar-refractivity contribution is 0.326. The van der Waals surface area contributed by atoms with E-state index in [-0.39, 0.29) is 0 Å². The lowest BCUT2D eigenvalue weighted by atomic mass is 10.2. The summed E-state index contributed by atoms with van der Waals surface area (Å²) in [6.07, 6.45) is 0. The first-order chi connectivity index (χ1) is 9.15. The van der Waals surface area contributed by atoms with Crippen LogP contribution in [-0.4, -0.2) is 20.2 Å². The maximum atomic E-state index is 5.74. The van der Waals surface area contributed by atoms with E-state index in [1.165, 1.54) is 11.3 Å². The van der Waals surface area contributed by atoms with Gasteiger partial charge in [-0.15, -0.1) is 0 Å². The van der Waals surface area contributed by atoms with Gasteiger partial charge in [0.15, 0.2) is 0 Å². The van der Waals surface area contributed by atoms with Crippen LogP contribution in [0.3, 0.4) is 0 Å². The van der Waals surface area contributed by atoms with Crippen molar-refractivity contribution in [3.05, 3.63) is 58.6 Å². The van der Waals surface area contributed by atoms with Crippen LogP contribution in [0, 0.1) is 6.92 Å². The Morgan fingerprint density at radius 1 is 1.11 bits per heavy atom. The van der Waals surface area contributed by atoms with Crippen molar-refractivity contribution >= 4 is 21.6 Å². The number of hydrogen-bond acceptors (Lipinski definition) is 2. The number of benzene rings is 2.